The zero-order chi connectivity index (χ0) is 46.1. The fourth-order valence-electron chi connectivity index (χ4n) is 11.4. The van der Waals surface area contributed by atoms with E-state index in [1.165, 1.54) is 142 Å². The molecule has 0 aliphatic carbocycles. The van der Waals surface area contributed by atoms with E-state index >= 15 is 0 Å². The first-order valence-electron chi connectivity index (χ1n) is 24.3. The van der Waals surface area contributed by atoms with Crippen LogP contribution in [-0.4, -0.2) is 0 Å². The molecule has 0 radical (unpaired) electrons. The molecule has 0 heterocycles. The molecule has 0 aliphatic rings. The fourth-order valence-corrected chi connectivity index (χ4v) is 11.4. The van der Waals surface area contributed by atoms with Gasteiger partial charge in [0.2, 0.25) is 0 Å². The second-order valence-electron chi connectivity index (χ2n) is 18.8. The molecule has 0 unspecified atom stereocenters. The second kappa shape index (κ2) is 16.3. The molecule has 14 aromatic rings. The third-order valence-corrected chi connectivity index (χ3v) is 14.7. The van der Waals surface area contributed by atoms with Crippen molar-refractivity contribution in [3.8, 4) is 66.8 Å². The van der Waals surface area contributed by atoms with Gasteiger partial charge in [0.1, 0.15) is 0 Å². The molecule has 0 aliphatic heterocycles. The van der Waals surface area contributed by atoms with Crippen LogP contribution in [0.25, 0.3) is 142 Å². The smallest absolute Gasteiger partial charge is 0.00262 e. The van der Waals surface area contributed by atoms with Crippen LogP contribution in [0.15, 0.2) is 267 Å². The predicted octanol–water partition coefficient (Wildman–Crippen LogP) is 19.8. The van der Waals surface area contributed by atoms with Crippen LogP contribution in [0.5, 0.6) is 0 Å². The molecule has 0 saturated carbocycles. The average Bonchev–Trinajstić information content (AvgIpc) is 3.43. The standard InChI is InChI=1S/C70H44/c1-2-17-47(18-3-1)65-41-51-21-8-9-22-52(51)42-66(65)55-33-36-60-59-35-34-57(40-58(59)44-67(68(60)43-55)54-32-30-46-16-5-7-20-49(46)38-54)70-63-27-12-10-25-61(63)69(62-26-11-13-28-64(62)70)56-24-14-23-50(39-56)53-31-29-45-15-4-6-19-48(45)37-53/h1-44H. The zero-order valence-corrected chi connectivity index (χ0v) is 38.4. The maximum Gasteiger partial charge on any atom is -0.00262 e. The Morgan fingerprint density at radius 1 is 0.143 bits per heavy atom. The molecule has 0 aromatic heterocycles. The summed E-state index contributed by atoms with van der Waals surface area (Å²) >= 11 is 0. The van der Waals surface area contributed by atoms with Gasteiger partial charge in [-0.05, 0) is 191 Å². The van der Waals surface area contributed by atoms with E-state index in [1.54, 1.807) is 0 Å². The van der Waals surface area contributed by atoms with Gasteiger partial charge in [-0.15, -0.1) is 0 Å². The second-order valence-corrected chi connectivity index (χ2v) is 18.8. The molecule has 70 heavy (non-hydrogen) atoms. The number of fused-ring (bicyclic) bond motifs is 8. The highest BCUT2D eigenvalue weighted by atomic mass is 14.2. The molecular weight excluding hydrogens is 841 g/mol. The third kappa shape index (κ3) is 6.68. The van der Waals surface area contributed by atoms with Crippen molar-refractivity contribution in [2.45, 2.75) is 0 Å². The Hall–Kier alpha value is -9.10. The molecule has 0 amide bonds. The highest BCUT2D eigenvalue weighted by Gasteiger charge is 2.20. The van der Waals surface area contributed by atoms with Gasteiger partial charge < -0.3 is 0 Å². The Kier molecular flexibility index (Phi) is 9.32. The van der Waals surface area contributed by atoms with E-state index in [-0.39, 0.29) is 0 Å². The first-order valence-corrected chi connectivity index (χ1v) is 24.3. The minimum atomic E-state index is 1.20. The van der Waals surface area contributed by atoms with E-state index in [1.807, 2.05) is 0 Å². The van der Waals surface area contributed by atoms with Gasteiger partial charge >= 0.3 is 0 Å². The van der Waals surface area contributed by atoms with Crippen LogP contribution in [0.4, 0.5) is 0 Å². The fraction of sp³-hybridized carbons (Fsp3) is 0. The summed E-state index contributed by atoms with van der Waals surface area (Å²) in [5, 5.41) is 17.4. The van der Waals surface area contributed by atoms with Crippen molar-refractivity contribution in [2.75, 3.05) is 0 Å². The van der Waals surface area contributed by atoms with Gasteiger partial charge in [-0.3, -0.25) is 0 Å². The minimum absolute atomic E-state index is 1.20. The summed E-state index contributed by atoms with van der Waals surface area (Å²) in [6.45, 7) is 0. The quantitative estimate of drug-likeness (QED) is 0.115. The summed E-state index contributed by atoms with van der Waals surface area (Å²) in [4.78, 5) is 0. The van der Waals surface area contributed by atoms with Gasteiger partial charge in [0.15, 0.2) is 0 Å². The molecular formula is C70H44. The van der Waals surface area contributed by atoms with Crippen molar-refractivity contribution in [2.24, 2.45) is 0 Å². The predicted molar refractivity (Wildman–Crippen MR) is 302 cm³/mol. The topological polar surface area (TPSA) is 0 Å². The monoisotopic (exact) mass is 884 g/mol. The van der Waals surface area contributed by atoms with Gasteiger partial charge in [0, 0.05) is 0 Å². The van der Waals surface area contributed by atoms with E-state index < -0.39 is 0 Å². The molecule has 14 rings (SSSR count). The summed E-state index contributed by atoms with van der Waals surface area (Å²) in [6.07, 6.45) is 0. The highest BCUT2D eigenvalue weighted by molar-refractivity contribution is 6.23. The Labute approximate surface area is 407 Å². The molecule has 0 atom stereocenters. The average molecular weight is 885 g/mol. The van der Waals surface area contributed by atoms with Crippen LogP contribution in [0.3, 0.4) is 0 Å². The summed E-state index contributed by atoms with van der Waals surface area (Å²) < 4.78 is 0. The Morgan fingerprint density at radius 3 is 1.16 bits per heavy atom. The Bertz CT molecular complexity index is 4350. The van der Waals surface area contributed by atoms with Crippen LogP contribution < -0.4 is 0 Å². The van der Waals surface area contributed by atoms with Crippen molar-refractivity contribution in [1.82, 2.24) is 0 Å². The van der Waals surface area contributed by atoms with E-state index in [2.05, 4.69) is 267 Å². The lowest BCUT2D eigenvalue weighted by Crippen LogP contribution is -1.92. The third-order valence-electron chi connectivity index (χ3n) is 14.7. The van der Waals surface area contributed by atoms with Crippen molar-refractivity contribution >= 4 is 75.4 Å². The molecule has 14 aromatic carbocycles. The van der Waals surface area contributed by atoms with E-state index in [4.69, 9.17) is 0 Å². The Balaban J connectivity index is 0.977. The van der Waals surface area contributed by atoms with Crippen molar-refractivity contribution in [3.63, 3.8) is 0 Å². The molecule has 0 saturated heterocycles. The normalized spacial score (nSPS) is 11.7. The number of hydrogen-bond acceptors (Lipinski definition) is 0. The van der Waals surface area contributed by atoms with Crippen molar-refractivity contribution < 1.29 is 0 Å². The van der Waals surface area contributed by atoms with Crippen molar-refractivity contribution in [1.29, 1.82) is 0 Å². The molecule has 0 heteroatoms. The molecule has 0 fully saturated rings. The van der Waals surface area contributed by atoms with Gasteiger partial charge in [-0.25, -0.2) is 0 Å². The molecule has 0 bridgehead atoms. The summed E-state index contributed by atoms with van der Waals surface area (Å²) in [7, 11) is 0. The maximum absolute atomic E-state index is 2.45. The van der Waals surface area contributed by atoms with Crippen LogP contribution in [0.2, 0.25) is 0 Å². The van der Waals surface area contributed by atoms with Gasteiger partial charge in [-0.1, -0.05) is 218 Å². The van der Waals surface area contributed by atoms with Gasteiger partial charge in [0.25, 0.3) is 0 Å². The lowest BCUT2D eigenvalue weighted by atomic mass is 9.84. The molecule has 0 nitrogen and oxygen atoms in total. The zero-order valence-electron chi connectivity index (χ0n) is 38.4. The van der Waals surface area contributed by atoms with E-state index in [0.29, 0.717) is 0 Å². The van der Waals surface area contributed by atoms with E-state index in [0.717, 1.165) is 0 Å². The summed E-state index contributed by atoms with van der Waals surface area (Å²) in [5.41, 5.74) is 14.7. The van der Waals surface area contributed by atoms with Crippen LogP contribution in [0, 0.1) is 0 Å². The first-order chi connectivity index (χ1) is 34.7. The summed E-state index contributed by atoms with van der Waals surface area (Å²) in [6, 6.07) is 99.2. The van der Waals surface area contributed by atoms with Gasteiger partial charge in [-0.2, -0.15) is 0 Å². The lowest BCUT2D eigenvalue weighted by molar-refractivity contribution is 1.62. The van der Waals surface area contributed by atoms with Crippen LogP contribution >= 0.6 is 0 Å². The van der Waals surface area contributed by atoms with Crippen LogP contribution in [0.1, 0.15) is 0 Å². The number of hydrogen-bond donors (Lipinski definition) is 0. The van der Waals surface area contributed by atoms with Gasteiger partial charge in [0.05, 0.1) is 0 Å². The summed E-state index contributed by atoms with van der Waals surface area (Å²) in [5.74, 6) is 0. The SMILES string of the molecule is c1ccc(-c2cc3ccccc3cc2-c2ccc3c(c2)c(-c2ccc4ccccc4c2)cc2cc(-c4c5ccccc5c(-c5cccc(-c6ccc7ccccc7c6)c5)c5ccccc45)ccc23)cc1. The van der Waals surface area contributed by atoms with E-state index in [9.17, 15) is 0 Å². The number of benzene rings is 14. The van der Waals surface area contributed by atoms with Crippen LogP contribution in [-0.2, 0) is 0 Å². The lowest BCUT2D eigenvalue weighted by Gasteiger charge is -2.19. The largest absolute Gasteiger partial charge is 0.0622 e. The van der Waals surface area contributed by atoms with Crippen molar-refractivity contribution in [3.05, 3.63) is 267 Å². The number of rotatable bonds is 6. The maximum atomic E-state index is 2.45. The molecule has 0 N–H and O–H groups in total. The minimum Gasteiger partial charge on any atom is -0.0622 e. The molecule has 324 valence electrons. The molecule has 0 spiro atoms. The Morgan fingerprint density at radius 2 is 0.529 bits per heavy atom. The highest BCUT2D eigenvalue weighted by Crippen LogP contribution is 2.47. The first kappa shape index (κ1) is 40.0.